The van der Waals surface area contributed by atoms with Crippen molar-refractivity contribution in [2.24, 2.45) is 0 Å². The highest BCUT2D eigenvalue weighted by molar-refractivity contribution is 7.89. The predicted octanol–water partition coefficient (Wildman–Crippen LogP) is 3.97. The number of benzene rings is 2. The molecular weight excluding hydrogens is 452 g/mol. The smallest absolute Gasteiger partial charge is 0.258 e. The highest BCUT2D eigenvalue weighted by Crippen LogP contribution is 2.34. The molecular formula is C26H30N2O5S. The third kappa shape index (κ3) is 4.70. The van der Waals surface area contributed by atoms with Crippen LogP contribution in [0.2, 0.25) is 0 Å². The van der Waals surface area contributed by atoms with Gasteiger partial charge in [-0.1, -0.05) is 17.7 Å². The lowest BCUT2D eigenvalue weighted by atomic mass is 9.96. The molecule has 1 saturated heterocycles. The first kappa shape index (κ1) is 22.9. The maximum absolute atomic E-state index is 12.9. The predicted molar refractivity (Wildman–Crippen MR) is 129 cm³/mol. The topological polar surface area (TPSA) is 88.9 Å². The van der Waals surface area contributed by atoms with E-state index >= 15 is 0 Å². The van der Waals surface area contributed by atoms with E-state index in [1.807, 2.05) is 25.1 Å². The van der Waals surface area contributed by atoms with Crippen LogP contribution in [0.15, 0.2) is 51.8 Å². The van der Waals surface area contributed by atoms with Crippen molar-refractivity contribution in [2.75, 3.05) is 19.7 Å². The molecule has 180 valence electrons. The molecule has 1 aliphatic heterocycles. The van der Waals surface area contributed by atoms with Gasteiger partial charge in [0.2, 0.25) is 10.0 Å². The number of hydrogen-bond donors (Lipinski definition) is 1. The monoisotopic (exact) mass is 482 g/mol. The van der Waals surface area contributed by atoms with Gasteiger partial charge in [0.1, 0.15) is 17.1 Å². The first-order chi connectivity index (χ1) is 16.4. The number of nitrogens with zero attached hydrogens (tertiary/aromatic N) is 1. The Hall–Kier alpha value is -2.84. The summed E-state index contributed by atoms with van der Waals surface area (Å²) in [5, 5.41) is 4.06. The van der Waals surface area contributed by atoms with Gasteiger partial charge in [0.15, 0.2) is 6.61 Å². The number of fused-ring (bicyclic) bond motifs is 3. The summed E-state index contributed by atoms with van der Waals surface area (Å²) < 4.78 is 38.9. The number of amides is 1. The van der Waals surface area contributed by atoms with Crippen molar-refractivity contribution in [3.05, 3.63) is 59.4 Å². The van der Waals surface area contributed by atoms with Gasteiger partial charge in [-0.3, -0.25) is 4.79 Å². The number of furan rings is 1. The van der Waals surface area contributed by atoms with E-state index in [0.717, 1.165) is 41.6 Å². The third-order valence-electron chi connectivity index (χ3n) is 6.77. The van der Waals surface area contributed by atoms with Crippen LogP contribution in [-0.4, -0.2) is 44.4 Å². The molecule has 2 aromatic carbocycles. The van der Waals surface area contributed by atoms with Gasteiger partial charge < -0.3 is 14.5 Å². The highest BCUT2D eigenvalue weighted by Gasteiger charge is 2.30. The van der Waals surface area contributed by atoms with Gasteiger partial charge in [0.25, 0.3) is 5.91 Å². The van der Waals surface area contributed by atoms with Crippen LogP contribution in [0.5, 0.6) is 5.75 Å². The molecule has 1 fully saturated rings. The minimum absolute atomic E-state index is 0.0658. The van der Waals surface area contributed by atoms with Gasteiger partial charge in [-0.2, -0.15) is 4.31 Å². The molecule has 5 rings (SSSR count). The Kier molecular flexibility index (Phi) is 6.36. The molecule has 0 saturated carbocycles. The second-order valence-electron chi connectivity index (χ2n) is 9.22. The van der Waals surface area contributed by atoms with Gasteiger partial charge in [0, 0.05) is 36.5 Å². The first-order valence-electron chi connectivity index (χ1n) is 11.9. The number of piperidine rings is 1. The number of carbonyl (C=O) groups excluding carboxylic acids is 1. The fourth-order valence-electron chi connectivity index (χ4n) is 4.85. The summed E-state index contributed by atoms with van der Waals surface area (Å²) in [6.07, 6.45) is 5.47. The molecule has 2 heterocycles. The van der Waals surface area contributed by atoms with Crippen LogP contribution in [0.4, 0.5) is 0 Å². The average Bonchev–Trinajstić information content (AvgIpc) is 3.21. The summed E-state index contributed by atoms with van der Waals surface area (Å²) in [6.45, 7) is 2.61. The minimum Gasteiger partial charge on any atom is -0.484 e. The molecule has 1 aromatic heterocycles. The zero-order valence-electron chi connectivity index (χ0n) is 19.4. The van der Waals surface area contributed by atoms with E-state index in [0.29, 0.717) is 36.6 Å². The number of carbonyl (C=O) groups is 1. The zero-order chi connectivity index (χ0) is 23.7. The average molecular weight is 483 g/mol. The fraction of sp³-hybridized carbons (Fsp3) is 0.423. The number of aryl methyl sites for hydroxylation is 3. The molecule has 1 aliphatic carbocycles. The Balaban J connectivity index is 1.13. The summed E-state index contributed by atoms with van der Waals surface area (Å²) in [7, 11) is -3.51. The molecule has 2 aliphatic rings. The normalized spacial score (nSPS) is 17.4. The van der Waals surface area contributed by atoms with Crippen molar-refractivity contribution < 1.29 is 22.4 Å². The lowest BCUT2D eigenvalue weighted by Gasteiger charge is -2.31. The molecule has 0 atom stereocenters. The van der Waals surface area contributed by atoms with Crippen LogP contribution >= 0.6 is 0 Å². The SMILES string of the molecule is Cc1ccc(S(=O)(=O)N2CCC(NC(=O)COc3ccc4oc5c(c4c3)CCCC5)CC2)cc1. The van der Waals surface area contributed by atoms with Gasteiger partial charge in [-0.15, -0.1) is 0 Å². The van der Waals surface area contributed by atoms with Crippen LogP contribution in [0, 0.1) is 6.92 Å². The van der Waals surface area contributed by atoms with E-state index in [2.05, 4.69) is 5.32 Å². The van der Waals surface area contributed by atoms with Crippen LogP contribution < -0.4 is 10.1 Å². The molecule has 1 N–H and O–H groups in total. The van der Waals surface area contributed by atoms with Crippen molar-refractivity contribution >= 4 is 26.9 Å². The van der Waals surface area contributed by atoms with Crippen LogP contribution in [0.25, 0.3) is 11.0 Å². The Morgan fingerprint density at radius 1 is 1.09 bits per heavy atom. The number of nitrogens with one attached hydrogen (secondary N) is 1. The Bertz CT molecular complexity index is 1290. The molecule has 3 aromatic rings. The number of ether oxygens (including phenoxy) is 1. The molecule has 0 unspecified atom stereocenters. The third-order valence-corrected chi connectivity index (χ3v) is 8.69. The van der Waals surface area contributed by atoms with E-state index in [-0.39, 0.29) is 18.6 Å². The fourth-order valence-corrected chi connectivity index (χ4v) is 6.32. The molecule has 0 spiro atoms. The maximum atomic E-state index is 12.9. The zero-order valence-corrected chi connectivity index (χ0v) is 20.2. The highest BCUT2D eigenvalue weighted by atomic mass is 32.2. The van der Waals surface area contributed by atoms with Gasteiger partial charge in [-0.05, 0) is 69.4 Å². The summed E-state index contributed by atoms with van der Waals surface area (Å²) >= 11 is 0. The van der Waals surface area contributed by atoms with Gasteiger partial charge in [-0.25, -0.2) is 8.42 Å². The number of sulfonamides is 1. The standard InChI is InChI=1S/C26H30N2O5S/c1-18-6-9-21(10-7-18)34(30,31)28-14-12-19(13-15-28)27-26(29)17-32-20-8-11-25-23(16-20)22-4-2-3-5-24(22)33-25/h6-11,16,19H,2-5,12-15,17H2,1H3,(H,27,29). The van der Waals surface area contributed by atoms with E-state index in [4.69, 9.17) is 9.15 Å². The summed E-state index contributed by atoms with van der Waals surface area (Å²) in [4.78, 5) is 12.8. The Morgan fingerprint density at radius 2 is 1.82 bits per heavy atom. The lowest BCUT2D eigenvalue weighted by Crippen LogP contribution is -2.47. The molecule has 1 amide bonds. The van der Waals surface area contributed by atoms with E-state index < -0.39 is 10.0 Å². The van der Waals surface area contributed by atoms with Crippen molar-refractivity contribution in [1.29, 1.82) is 0 Å². The minimum atomic E-state index is -3.51. The van der Waals surface area contributed by atoms with Crippen molar-refractivity contribution in [3.63, 3.8) is 0 Å². The van der Waals surface area contributed by atoms with Gasteiger partial charge >= 0.3 is 0 Å². The van der Waals surface area contributed by atoms with Gasteiger partial charge in [0.05, 0.1) is 4.90 Å². The molecule has 0 radical (unpaired) electrons. The quantitative estimate of drug-likeness (QED) is 0.574. The van der Waals surface area contributed by atoms with Crippen molar-refractivity contribution in [1.82, 2.24) is 9.62 Å². The van der Waals surface area contributed by atoms with E-state index in [1.54, 1.807) is 24.3 Å². The molecule has 34 heavy (non-hydrogen) atoms. The molecule has 0 bridgehead atoms. The number of rotatable bonds is 6. The summed E-state index contributed by atoms with van der Waals surface area (Å²) in [5.41, 5.74) is 3.16. The van der Waals surface area contributed by atoms with Crippen LogP contribution in [0.1, 0.15) is 42.6 Å². The molecule has 7 nitrogen and oxygen atoms in total. The largest absolute Gasteiger partial charge is 0.484 e. The first-order valence-corrected chi connectivity index (χ1v) is 13.4. The summed E-state index contributed by atoms with van der Waals surface area (Å²) in [5.74, 6) is 1.52. The second kappa shape index (κ2) is 9.43. The second-order valence-corrected chi connectivity index (χ2v) is 11.2. The number of hydrogen-bond acceptors (Lipinski definition) is 5. The van der Waals surface area contributed by atoms with Crippen molar-refractivity contribution in [3.8, 4) is 5.75 Å². The summed E-state index contributed by atoms with van der Waals surface area (Å²) in [6, 6.07) is 12.5. The van der Waals surface area contributed by atoms with Crippen molar-refractivity contribution in [2.45, 2.75) is 56.4 Å². The maximum Gasteiger partial charge on any atom is 0.258 e. The lowest BCUT2D eigenvalue weighted by molar-refractivity contribution is -0.124. The van der Waals surface area contributed by atoms with Crippen LogP contribution in [-0.2, 0) is 27.7 Å². The van der Waals surface area contributed by atoms with E-state index in [9.17, 15) is 13.2 Å². The Morgan fingerprint density at radius 3 is 2.59 bits per heavy atom. The van der Waals surface area contributed by atoms with Crippen LogP contribution in [0.3, 0.4) is 0 Å². The Labute approximate surface area is 200 Å². The molecule has 8 heteroatoms. The van der Waals surface area contributed by atoms with E-state index in [1.165, 1.54) is 16.3 Å².